The molecule has 0 nitrogen and oxygen atoms in total. The summed E-state index contributed by atoms with van der Waals surface area (Å²) in [5.41, 5.74) is 2.31. The monoisotopic (exact) mass is 480 g/mol. The largest absolute Gasteiger partial charge is 0.0931 e. The van der Waals surface area contributed by atoms with E-state index >= 15 is 0 Å². The zero-order chi connectivity index (χ0) is 23.8. The first-order chi connectivity index (χ1) is 15.6. The molecular formula is C31H46P2. The van der Waals surface area contributed by atoms with E-state index in [0.717, 1.165) is 29.1 Å². The van der Waals surface area contributed by atoms with E-state index in [1.807, 2.05) is 0 Å². The molecule has 0 bridgehead atoms. The molecule has 2 fully saturated rings. The molecule has 1 saturated heterocycles. The topological polar surface area (TPSA) is 0 Å². The second kappa shape index (κ2) is 10.1. The van der Waals surface area contributed by atoms with Gasteiger partial charge < -0.3 is 0 Å². The molecule has 1 saturated carbocycles. The maximum Gasteiger partial charge on any atom is -0.00886 e. The Balaban J connectivity index is 1.60. The van der Waals surface area contributed by atoms with Gasteiger partial charge in [-0.1, -0.05) is 123 Å². The van der Waals surface area contributed by atoms with Gasteiger partial charge in [-0.2, -0.15) is 0 Å². The molecule has 1 unspecified atom stereocenters. The molecule has 1 aliphatic heterocycles. The van der Waals surface area contributed by atoms with Crippen molar-refractivity contribution in [3.8, 4) is 0 Å². The zero-order valence-corrected chi connectivity index (χ0v) is 23.9. The molecule has 2 aromatic rings. The van der Waals surface area contributed by atoms with Gasteiger partial charge in [0.05, 0.1) is 0 Å². The van der Waals surface area contributed by atoms with Crippen LogP contribution in [0.2, 0.25) is 0 Å². The lowest BCUT2D eigenvalue weighted by atomic mass is 9.74. The van der Waals surface area contributed by atoms with Gasteiger partial charge in [0.1, 0.15) is 0 Å². The second-order valence-corrected chi connectivity index (χ2v) is 17.8. The SMILES string of the molecule is CC(C)[C@@H]1CC[C@@H](C)C[C@H]1P1[C@@H](CCP(c2ccccc2)c2ccccc2)C(C)(C)C1(C)C. The summed E-state index contributed by atoms with van der Waals surface area (Å²) in [6, 6.07) is 22.7. The summed E-state index contributed by atoms with van der Waals surface area (Å²) in [6.45, 7) is 18.0. The number of hydrogen-bond donors (Lipinski definition) is 0. The number of benzene rings is 2. The van der Waals surface area contributed by atoms with Crippen molar-refractivity contribution in [3.63, 3.8) is 0 Å². The fraction of sp³-hybridized carbons (Fsp3) is 0.613. The van der Waals surface area contributed by atoms with Crippen LogP contribution in [0.25, 0.3) is 0 Å². The minimum atomic E-state index is -0.286. The molecule has 0 amide bonds. The molecule has 0 spiro atoms. The van der Waals surface area contributed by atoms with Crippen LogP contribution in [0.1, 0.15) is 74.1 Å². The fourth-order valence-electron chi connectivity index (χ4n) is 6.90. The molecule has 0 N–H and O–H groups in total. The van der Waals surface area contributed by atoms with Gasteiger partial charge in [0.25, 0.3) is 0 Å². The average molecular weight is 481 g/mol. The van der Waals surface area contributed by atoms with Gasteiger partial charge in [-0.05, 0) is 83.6 Å². The molecule has 4 rings (SSSR count). The van der Waals surface area contributed by atoms with Crippen LogP contribution in [0, 0.1) is 23.2 Å². The minimum absolute atomic E-state index is 0.0329. The third-order valence-corrected chi connectivity index (χ3v) is 16.8. The molecule has 5 atom stereocenters. The van der Waals surface area contributed by atoms with Crippen LogP contribution in [0.3, 0.4) is 0 Å². The van der Waals surface area contributed by atoms with Gasteiger partial charge in [0.15, 0.2) is 0 Å². The van der Waals surface area contributed by atoms with E-state index in [0.29, 0.717) is 10.6 Å². The lowest BCUT2D eigenvalue weighted by Crippen LogP contribution is -2.61. The summed E-state index contributed by atoms with van der Waals surface area (Å²) >= 11 is 0. The van der Waals surface area contributed by atoms with Crippen molar-refractivity contribution in [1.82, 2.24) is 0 Å². The van der Waals surface area contributed by atoms with Crippen LogP contribution in [0.5, 0.6) is 0 Å². The third kappa shape index (κ3) is 4.87. The lowest BCUT2D eigenvalue weighted by molar-refractivity contribution is 0.184. The van der Waals surface area contributed by atoms with E-state index in [4.69, 9.17) is 0 Å². The van der Waals surface area contributed by atoms with Crippen molar-refractivity contribution in [3.05, 3.63) is 60.7 Å². The molecular weight excluding hydrogens is 434 g/mol. The molecule has 0 radical (unpaired) electrons. The second-order valence-electron chi connectivity index (χ2n) is 12.2. The molecule has 2 heteroatoms. The van der Waals surface area contributed by atoms with Crippen LogP contribution in [0.15, 0.2) is 60.7 Å². The van der Waals surface area contributed by atoms with Crippen LogP contribution < -0.4 is 10.6 Å². The Bertz CT molecular complexity index is 846. The number of rotatable bonds is 7. The standard InChI is InChI=1S/C31H46P2/c1-23(2)27-19-18-24(3)22-28(27)33-29(30(4,5)31(33,6)7)20-21-32(25-14-10-8-11-15-25)26-16-12-9-13-17-26/h8-17,23-24,27-29H,18-22H2,1-7H3/t24-,27+,28-,29+,33?/m1/s1. The van der Waals surface area contributed by atoms with Gasteiger partial charge in [-0.3, -0.25) is 0 Å². The maximum absolute atomic E-state index is 2.63. The molecule has 2 aromatic carbocycles. The van der Waals surface area contributed by atoms with Crippen molar-refractivity contribution < 1.29 is 0 Å². The van der Waals surface area contributed by atoms with E-state index in [-0.39, 0.29) is 15.8 Å². The van der Waals surface area contributed by atoms with Gasteiger partial charge in [-0.15, -0.1) is 0 Å². The predicted octanol–water partition coefficient (Wildman–Crippen LogP) is 8.64. The Hall–Kier alpha value is -0.700. The number of hydrogen-bond acceptors (Lipinski definition) is 0. The summed E-state index contributed by atoms with van der Waals surface area (Å²) in [6.07, 6.45) is 7.13. The highest BCUT2D eigenvalue weighted by molar-refractivity contribution is 7.73. The molecule has 1 aliphatic carbocycles. The Morgan fingerprint density at radius 1 is 0.879 bits per heavy atom. The minimum Gasteiger partial charge on any atom is -0.0931 e. The van der Waals surface area contributed by atoms with Gasteiger partial charge >= 0.3 is 0 Å². The Morgan fingerprint density at radius 2 is 1.42 bits per heavy atom. The Kier molecular flexibility index (Phi) is 7.78. The summed E-state index contributed by atoms with van der Waals surface area (Å²) < 4.78 is 0. The maximum atomic E-state index is 2.63. The van der Waals surface area contributed by atoms with Crippen LogP contribution >= 0.6 is 15.8 Å². The van der Waals surface area contributed by atoms with Gasteiger partial charge in [0.2, 0.25) is 0 Å². The van der Waals surface area contributed by atoms with E-state index in [1.165, 1.54) is 31.8 Å². The first-order valence-corrected chi connectivity index (χ1v) is 16.3. The van der Waals surface area contributed by atoms with Gasteiger partial charge in [-0.25, -0.2) is 0 Å². The van der Waals surface area contributed by atoms with Crippen LogP contribution in [0.4, 0.5) is 0 Å². The summed E-state index contributed by atoms with van der Waals surface area (Å²) in [7, 11) is -0.253. The van der Waals surface area contributed by atoms with Crippen molar-refractivity contribution in [2.45, 2.75) is 90.6 Å². The van der Waals surface area contributed by atoms with E-state index in [1.54, 1.807) is 10.6 Å². The van der Waals surface area contributed by atoms with Crippen LogP contribution in [-0.2, 0) is 0 Å². The Morgan fingerprint density at radius 3 is 1.94 bits per heavy atom. The lowest BCUT2D eigenvalue weighted by Gasteiger charge is -2.69. The van der Waals surface area contributed by atoms with E-state index in [2.05, 4.69) is 109 Å². The molecule has 1 heterocycles. The van der Waals surface area contributed by atoms with Crippen LogP contribution in [-0.4, -0.2) is 22.6 Å². The first-order valence-electron chi connectivity index (χ1n) is 13.3. The fourth-order valence-corrected chi connectivity index (χ4v) is 15.1. The molecule has 0 aromatic heterocycles. The van der Waals surface area contributed by atoms with Crippen molar-refractivity contribution >= 4 is 26.5 Å². The van der Waals surface area contributed by atoms with E-state index < -0.39 is 0 Å². The highest BCUT2D eigenvalue weighted by Crippen LogP contribution is 2.81. The molecule has 180 valence electrons. The normalized spacial score (nSPS) is 30.9. The average Bonchev–Trinajstić information content (AvgIpc) is 2.79. The summed E-state index contributed by atoms with van der Waals surface area (Å²) in [4.78, 5) is 0. The zero-order valence-electron chi connectivity index (χ0n) is 22.1. The highest BCUT2D eigenvalue weighted by atomic mass is 31.1. The Labute approximate surface area is 206 Å². The van der Waals surface area contributed by atoms with Crippen molar-refractivity contribution in [1.29, 1.82) is 0 Å². The molecule has 2 aliphatic rings. The predicted molar refractivity (Wildman–Crippen MR) is 152 cm³/mol. The van der Waals surface area contributed by atoms with E-state index in [9.17, 15) is 0 Å². The molecule has 33 heavy (non-hydrogen) atoms. The quantitative estimate of drug-likeness (QED) is 0.348. The van der Waals surface area contributed by atoms with Crippen molar-refractivity contribution in [2.24, 2.45) is 23.2 Å². The highest BCUT2D eigenvalue weighted by Gasteiger charge is 2.63. The first kappa shape index (κ1) is 25.4. The third-order valence-electron chi connectivity index (χ3n) is 9.50. The summed E-state index contributed by atoms with van der Waals surface area (Å²) in [5, 5.41) is 3.58. The summed E-state index contributed by atoms with van der Waals surface area (Å²) in [5.74, 6) is 2.68. The van der Waals surface area contributed by atoms with Gasteiger partial charge in [0, 0.05) is 0 Å². The smallest absolute Gasteiger partial charge is 0.00886 e. The van der Waals surface area contributed by atoms with Crippen molar-refractivity contribution in [2.75, 3.05) is 6.16 Å².